The van der Waals surface area contributed by atoms with Crippen LogP contribution in [0.15, 0.2) is 0 Å². The van der Waals surface area contributed by atoms with Crippen molar-refractivity contribution in [2.75, 3.05) is 46.4 Å². The number of hydrogen-bond donors (Lipinski definition) is 1. The maximum absolute atomic E-state index is 5.65. The minimum Gasteiger partial charge on any atom is -0.381 e. The summed E-state index contributed by atoms with van der Waals surface area (Å²) < 4.78 is 5.65. The summed E-state index contributed by atoms with van der Waals surface area (Å²) in [7, 11) is 2.06. The van der Waals surface area contributed by atoms with E-state index in [0.717, 1.165) is 25.7 Å². The number of ether oxygens (including phenoxy) is 1. The van der Waals surface area contributed by atoms with Gasteiger partial charge in [-0.2, -0.15) is 0 Å². The second-order valence-corrected chi connectivity index (χ2v) is 6.01. The lowest BCUT2D eigenvalue weighted by Crippen LogP contribution is -2.45. The summed E-state index contributed by atoms with van der Waals surface area (Å²) >= 11 is 0. The minimum atomic E-state index is 0.374. The lowest BCUT2D eigenvalue weighted by Gasteiger charge is -2.34. The van der Waals surface area contributed by atoms with Crippen LogP contribution in [0.4, 0.5) is 0 Å². The maximum atomic E-state index is 5.65. The Hall–Kier alpha value is -0.120. The van der Waals surface area contributed by atoms with E-state index in [1.54, 1.807) is 0 Å². The second kappa shape index (κ2) is 6.17. The fraction of sp³-hybridized carbons (Fsp3) is 1.00. The van der Waals surface area contributed by atoms with Crippen LogP contribution >= 0.6 is 0 Å². The van der Waals surface area contributed by atoms with Gasteiger partial charge in [0.1, 0.15) is 0 Å². The van der Waals surface area contributed by atoms with Crippen molar-refractivity contribution in [3.05, 3.63) is 0 Å². The average Bonchev–Trinajstić information content (AvgIpc) is 2.99. The van der Waals surface area contributed by atoms with Gasteiger partial charge >= 0.3 is 0 Å². The Balaban J connectivity index is 1.87. The zero-order chi connectivity index (χ0) is 12.1. The Morgan fingerprint density at radius 3 is 2.76 bits per heavy atom. The van der Waals surface area contributed by atoms with E-state index in [9.17, 15) is 0 Å². The van der Waals surface area contributed by atoms with Gasteiger partial charge in [0.15, 0.2) is 0 Å². The summed E-state index contributed by atoms with van der Waals surface area (Å²) in [5, 5.41) is 3.36. The van der Waals surface area contributed by atoms with Crippen LogP contribution in [0.25, 0.3) is 0 Å². The zero-order valence-corrected chi connectivity index (χ0v) is 11.5. The fourth-order valence-electron chi connectivity index (χ4n) is 3.04. The van der Waals surface area contributed by atoms with Gasteiger partial charge in [-0.25, -0.2) is 0 Å². The summed E-state index contributed by atoms with van der Waals surface area (Å²) in [6.45, 7) is 9.07. The van der Waals surface area contributed by atoms with Gasteiger partial charge < -0.3 is 15.0 Å². The molecule has 1 atom stereocenters. The number of hydrogen-bond acceptors (Lipinski definition) is 3. The lowest BCUT2D eigenvalue weighted by molar-refractivity contribution is 0.107. The van der Waals surface area contributed by atoms with Crippen molar-refractivity contribution in [2.45, 2.75) is 32.6 Å². The molecule has 2 aliphatic rings. The van der Waals surface area contributed by atoms with E-state index in [1.165, 1.54) is 45.3 Å². The Morgan fingerprint density at radius 2 is 2.24 bits per heavy atom. The molecule has 1 aliphatic heterocycles. The largest absolute Gasteiger partial charge is 0.381 e. The molecule has 100 valence electrons. The van der Waals surface area contributed by atoms with E-state index in [0.29, 0.717) is 5.41 Å². The van der Waals surface area contributed by atoms with E-state index < -0.39 is 0 Å². The van der Waals surface area contributed by atoms with Crippen LogP contribution in [0.3, 0.4) is 0 Å². The summed E-state index contributed by atoms with van der Waals surface area (Å²) in [5.74, 6) is 0.996. The molecule has 1 N–H and O–H groups in total. The topological polar surface area (TPSA) is 24.5 Å². The lowest BCUT2D eigenvalue weighted by atomic mass is 9.86. The number of nitrogens with one attached hydrogen (secondary N) is 1. The van der Waals surface area contributed by atoms with Gasteiger partial charge in [-0.15, -0.1) is 0 Å². The molecule has 0 radical (unpaired) electrons. The molecule has 17 heavy (non-hydrogen) atoms. The first-order valence-electron chi connectivity index (χ1n) is 7.23. The third-order valence-corrected chi connectivity index (χ3v) is 4.05. The highest BCUT2D eigenvalue weighted by atomic mass is 16.5. The molecule has 0 bridgehead atoms. The van der Waals surface area contributed by atoms with Crippen molar-refractivity contribution < 1.29 is 4.74 Å². The van der Waals surface area contributed by atoms with Gasteiger partial charge in [0.25, 0.3) is 0 Å². The normalized spacial score (nSPS) is 29.1. The molecule has 0 aromatic heterocycles. The van der Waals surface area contributed by atoms with Crippen LogP contribution < -0.4 is 5.32 Å². The molecular formula is C14H28N2O. The van der Waals surface area contributed by atoms with Crippen molar-refractivity contribution in [2.24, 2.45) is 11.3 Å². The minimum absolute atomic E-state index is 0.374. The first-order chi connectivity index (χ1) is 8.28. The molecule has 3 nitrogen and oxygen atoms in total. The standard InChI is InChI=1S/C14H28N2O/c1-3-7-16(9-13-4-5-13)11-14(10-15-2)6-8-17-12-14/h13,15H,3-12H2,1-2H3. The third kappa shape index (κ3) is 3.94. The summed E-state index contributed by atoms with van der Waals surface area (Å²) in [4.78, 5) is 2.68. The van der Waals surface area contributed by atoms with Gasteiger partial charge in [0, 0.05) is 31.7 Å². The number of nitrogens with zero attached hydrogens (tertiary/aromatic N) is 1. The second-order valence-electron chi connectivity index (χ2n) is 6.01. The van der Waals surface area contributed by atoms with E-state index in [4.69, 9.17) is 4.74 Å². The SMILES string of the molecule is CCCN(CC1CC1)CC1(CNC)CCOC1. The van der Waals surface area contributed by atoms with E-state index in [2.05, 4.69) is 24.2 Å². The first kappa shape index (κ1) is 13.3. The highest BCUT2D eigenvalue weighted by Gasteiger charge is 2.37. The Bertz CT molecular complexity index is 222. The van der Waals surface area contributed by atoms with Gasteiger partial charge in [0.05, 0.1) is 6.61 Å². The quantitative estimate of drug-likeness (QED) is 0.699. The fourth-order valence-corrected chi connectivity index (χ4v) is 3.04. The molecule has 2 fully saturated rings. The molecule has 2 rings (SSSR count). The van der Waals surface area contributed by atoms with Crippen molar-refractivity contribution in [3.8, 4) is 0 Å². The van der Waals surface area contributed by atoms with Crippen LogP contribution in [0.2, 0.25) is 0 Å². The zero-order valence-electron chi connectivity index (χ0n) is 11.5. The van der Waals surface area contributed by atoms with Crippen LogP contribution in [-0.4, -0.2) is 51.3 Å². The highest BCUT2D eigenvalue weighted by Crippen LogP contribution is 2.33. The van der Waals surface area contributed by atoms with Crippen molar-refractivity contribution >= 4 is 0 Å². The van der Waals surface area contributed by atoms with Crippen molar-refractivity contribution in [1.29, 1.82) is 0 Å². The van der Waals surface area contributed by atoms with Crippen LogP contribution in [0.1, 0.15) is 32.6 Å². The molecule has 1 aliphatic carbocycles. The molecule has 0 spiro atoms. The number of rotatable bonds is 8. The predicted octanol–water partition coefficient (Wildman–Crippen LogP) is 1.73. The van der Waals surface area contributed by atoms with Crippen molar-refractivity contribution in [1.82, 2.24) is 10.2 Å². The molecular weight excluding hydrogens is 212 g/mol. The predicted molar refractivity (Wildman–Crippen MR) is 71.3 cm³/mol. The molecule has 0 amide bonds. The average molecular weight is 240 g/mol. The van der Waals surface area contributed by atoms with Crippen LogP contribution in [0, 0.1) is 11.3 Å². The Kier molecular flexibility index (Phi) is 4.83. The molecule has 1 heterocycles. The molecule has 0 aromatic carbocycles. The molecule has 1 unspecified atom stereocenters. The summed E-state index contributed by atoms with van der Waals surface area (Å²) in [6.07, 6.45) is 5.40. The van der Waals surface area contributed by atoms with Gasteiger partial charge in [0.2, 0.25) is 0 Å². The van der Waals surface area contributed by atoms with Crippen LogP contribution in [-0.2, 0) is 4.74 Å². The summed E-state index contributed by atoms with van der Waals surface area (Å²) in [5.41, 5.74) is 0.374. The Labute approximate surface area is 106 Å². The maximum Gasteiger partial charge on any atom is 0.0547 e. The highest BCUT2D eigenvalue weighted by molar-refractivity contribution is 4.89. The third-order valence-electron chi connectivity index (χ3n) is 4.05. The van der Waals surface area contributed by atoms with Gasteiger partial charge in [-0.3, -0.25) is 0 Å². The van der Waals surface area contributed by atoms with Crippen molar-refractivity contribution in [3.63, 3.8) is 0 Å². The Morgan fingerprint density at radius 1 is 1.41 bits per heavy atom. The van der Waals surface area contributed by atoms with E-state index >= 15 is 0 Å². The molecule has 3 heteroatoms. The monoisotopic (exact) mass is 240 g/mol. The first-order valence-corrected chi connectivity index (χ1v) is 7.23. The molecule has 1 saturated carbocycles. The molecule has 1 saturated heterocycles. The summed E-state index contributed by atoms with van der Waals surface area (Å²) in [6, 6.07) is 0. The smallest absolute Gasteiger partial charge is 0.0547 e. The molecule has 0 aromatic rings. The van der Waals surface area contributed by atoms with Crippen LogP contribution in [0.5, 0.6) is 0 Å². The van der Waals surface area contributed by atoms with E-state index in [-0.39, 0.29) is 0 Å². The van der Waals surface area contributed by atoms with Gasteiger partial charge in [-0.05, 0) is 45.2 Å². The van der Waals surface area contributed by atoms with E-state index in [1.807, 2.05) is 0 Å². The van der Waals surface area contributed by atoms with Gasteiger partial charge in [-0.1, -0.05) is 6.92 Å².